The van der Waals surface area contributed by atoms with E-state index in [9.17, 15) is 0 Å². The first kappa shape index (κ1) is 14.9. The monoisotopic (exact) mass is 262 g/mol. The minimum Gasteiger partial charge on any atom is -0.300 e. The molecule has 1 aliphatic carbocycles. The first-order valence-corrected chi connectivity index (χ1v) is 8.28. The van der Waals surface area contributed by atoms with Crippen LogP contribution in [0.25, 0.3) is 0 Å². The van der Waals surface area contributed by atoms with E-state index < -0.39 is 0 Å². The summed E-state index contributed by atoms with van der Waals surface area (Å²) in [5.74, 6) is 0.998. The highest BCUT2D eigenvalue weighted by Gasteiger charge is 2.32. The van der Waals surface area contributed by atoms with E-state index >= 15 is 0 Å². The van der Waals surface area contributed by atoms with Gasteiger partial charge in [-0.1, -0.05) is 19.3 Å². The predicted octanol–water partition coefficient (Wildman–Crippen LogP) is 4.36. The van der Waals surface area contributed by atoms with E-state index in [0.717, 1.165) is 18.4 Å². The molecule has 2 aliphatic rings. The van der Waals surface area contributed by atoms with Gasteiger partial charge < -0.3 is 4.90 Å². The molecule has 2 atom stereocenters. The Labute approximate surface area is 119 Å². The molecule has 19 heavy (non-hydrogen) atoms. The number of likely N-dealkylation sites (tertiary alicyclic amines) is 1. The van der Waals surface area contributed by atoms with Gasteiger partial charge in [0.1, 0.15) is 0 Å². The Morgan fingerprint density at radius 3 is 2.63 bits per heavy atom. The number of hydrogen-bond acceptors (Lipinski definition) is 2. The van der Waals surface area contributed by atoms with E-state index in [2.05, 4.69) is 24.8 Å². The molecule has 2 fully saturated rings. The zero-order valence-electron chi connectivity index (χ0n) is 12.8. The Balaban J connectivity index is 1.71. The largest absolute Gasteiger partial charge is 0.300 e. The summed E-state index contributed by atoms with van der Waals surface area (Å²) in [7, 11) is 0. The van der Waals surface area contributed by atoms with Crippen molar-refractivity contribution < 1.29 is 0 Å². The third kappa shape index (κ3) is 4.21. The first-order chi connectivity index (χ1) is 9.12. The highest BCUT2D eigenvalue weighted by Crippen LogP contribution is 2.35. The lowest BCUT2D eigenvalue weighted by Gasteiger charge is -2.44. The minimum atomic E-state index is -0.130. The topological polar surface area (TPSA) is 27.0 Å². The van der Waals surface area contributed by atoms with Gasteiger partial charge in [0.15, 0.2) is 0 Å². The number of nitriles is 1. The van der Waals surface area contributed by atoms with Crippen molar-refractivity contribution in [1.82, 2.24) is 4.90 Å². The molecule has 2 nitrogen and oxygen atoms in total. The van der Waals surface area contributed by atoms with Crippen molar-refractivity contribution in [3.05, 3.63) is 0 Å². The van der Waals surface area contributed by atoms with Gasteiger partial charge in [0, 0.05) is 6.04 Å². The molecule has 0 bridgehead atoms. The molecular formula is C17H30N2. The quantitative estimate of drug-likeness (QED) is 0.688. The molecule has 0 spiro atoms. The molecule has 2 rings (SSSR count). The fourth-order valence-electron chi connectivity index (χ4n) is 3.94. The smallest absolute Gasteiger partial charge is 0.0683 e. The van der Waals surface area contributed by atoms with Gasteiger partial charge >= 0.3 is 0 Å². The van der Waals surface area contributed by atoms with Crippen LogP contribution in [-0.2, 0) is 0 Å². The number of rotatable bonds is 5. The zero-order chi connectivity index (χ0) is 13.7. The molecule has 0 radical (unpaired) electrons. The van der Waals surface area contributed by atoms with E-state index in [0.29, 0.717) is 0 Å². The highest BCUT2D eigenvalue weighted by molar-refractivity contribution is 4.91. The van der Waals surface area contributed by atoms with Gasteiger partial charge in [-0.25, -0.2) is 0 Å². The zero-order valence-corrected chi connectivity index (χ0v) is 12.8. The van der Waals surface area contributed by atoms with Crippen molar-refractivity contribution >= 4 is 0 Å². The van der Waals surface area contributed by atoms with Crippen molar-refractivity contribution in [3.8, 4) is 6.07 Å². The maximum absolute atomic E-state index is 9.04. The van der Waals surface area contributed by atoms with Crippen molar-refractivity contribution in [2.75, 3.05) is 13.1 Å². The molecule has 0 aromatic rings. The maximum Gasteiger partial charge on any atom is 0.0683 e. The second kappa shape index (κ2) is 6.75. The van der Waals surface area contributed by atoms with Crippen LogP contribution in [0.1, 0.15) is 71.6 Å². The van der Waals surface area contributed by atoms with Crippen LogP contribution in [0.2, 0.25) is 0 Å². The number of piperidine rings is 1. The fourth-order valence-corrected chi connectivity index (χ4v) is 3.94. The van der Waals surface area contributed by atoms with E-state index in [1.807, 2.05) is 0 Å². The lowest BCUT2D eigenvalue weighted by molar-refractivity contribution is 0.0591. The van der Waals surface area contributed by atoms with Gasteiger partial charge in [0.25, 0.3) is 0 Å². The standard InChI is InChI=1S/C17H30N2/c1-17(2,14-18)11-5-6-12-19-13-7-9-15-8-3-4-10-16(15)19/h15-16H,3-13H2,1-2H3. The van der Waals surface area contributed by atoms with E-state index in [1.165, 1.54) is 64.5 Å². The van der Waals surface area contributed by atoms with Gasteiger partial charge in [-0.3, -0.25) is 0 Å². The molecular weight excluding hydrogens is 232 g/mol. The molecule has 0 N–H and O–H groups in total. The summed E-state index contributed by atoms with van der Waals surface area (Å²) in [6.45, 7) is 6.71. The Kier molecular flexibility index (Phi) is 5.28. The van der Waals surface area contributed by atoms with E-state index in [-0.39, 0.29) is 5.41 Å². The molecule has 1 aliphatic heterocycles. The van der Waals surface area contributed by atoms with E-state index in [4.69, 9.17) is 5.26 Å². The third-order valence-electron chi connectivity index (χ3n) is 5.16. The average molecular weight is 262 g/mol. The van der Waals surface area contributed by atoms with Crippen LogP contribution >= 0.6 is 0 Å². The normalized spacial score (nSPS) is 28.7. The summed E-state index contributed by atoms with van der Waals surface area (Å²) in [4.78, 5) is 2.77. The SMILES string of the molecule is CC(C)(C#N)CCCCN1CCCC2CCCCC21. The highest BCUT2D eigenvalue weighted by atomic mass is 15.2. The summed E-state index contributed by atoms with van der Waals surface area (Å²) < 4.78 is 0. The van der Waals surface area contributed by atoms with Crippen molar-refractivity contribution in [2.45, 2.75) is 77.7 Å². The molecule has 0 aromatic heterocycles. The molecule has 2 heteroatoms. The van der Waals surface area contributed by atoms with Crippen LogP contribution in [-0.4, -0.2) is 24.0 Å². The predicted molar refractivity (Wildman–Crippen MR) is 79.8 cm³/mol. The number of unbranched alkanes of at least 4 members (excludes halogenated alkanes) is 1. The molecule has 0 aromatic carbocycles. The fraction of sp³-hybridized carbons (Fsp3) is 0.941. The Morgan fingerprint density at radius 2 is 1.84 bits per heavy atom. The third-order valence-corrected chi connectivity index (χ3v) is 5.16. The summed E-state index contributed by atoms with van der Waals surface area (Å²) in [5, 5.41) is 9.04. The number of hydrogen-bond donors (Lipinski definition) is 0. The Hall–Kier alpha value is -0.550. The molecule has 2 unspecified atom stereocenters. The Bertz CT molecular complexity index is 314. The van der Waals surface area contributed by atoms with Gasteiger partial charge in [0.2, 0.25) is 0 Å². The summed E-state index contributed by atoms with van der Waals surface area (Å²) in [6, 6.07) is 3.31. The van der Waals surface area contributed by atoms with Crippen LogP contribution in [0.3, 0.4) is 0 Å². The molecule has 1 saturated carbocycles. The summed E-state index contributed by atoms with van der Waals surface area (Å²) in [5.41, 5.74) is -0.130. The molecule has 1 saturated heterocycles. The average Bonchev–Trinajstić information content (AvgIpc) is 2.44. The second-order valence-electron chi connectivity index (χ2n) is 7.24. The van der Waals surface area contributed by atoms with Gasteiger partial charge in [0.05, 0.1) is 11.5 Å². The lowest BCUT2D eigenvalue weighted by Crippen LogP contribution is -2.47. The van der Waals surface area contributed by atoms with Crippen molar-refractivity contribution in [3.63, 3.8) is 0 Å². The second-order valence-corrected chi connectivity index (χ2v) is 7.24. The lowest BCUT2D eigenvalue weighted by atomic mass is 9.78. The van der Waals surface area contributed by atoms with Gasteiger partial charge in [-0.2, -0.15) is 5.26 Å². The molecule has 108 valence electrons. The maximum atomic E-state index is 9.04. The van der Waals surface area contributed by atoms with Gasteiger partial charge in [-0.15, -0.1) is 0 Å². The van der Waals surface area contributed by atoms with Crippen LogP contribution < -0.4 is 0 Å². The first-order valence-electron chi connectivity index (χ1n) is 8.28. The van der Waals surface area contributed by atoms with E-state index in [1.54, 1.807) is 0 Å². The number of nitrogens with zero attached hydrogens (tertiary/aromatic N) is 2. The molecule has 1 heterocycles. The Morgan fingerprint density at radius 1 is 1.11 bits per heavy atom. The van der Waals surface area contributed by atoms with Crippen LogP contribution in [0, 0.1) is 22.7 Å². The molecule has 0 amide bonds. The van der Waals surface area contributed by atoms with Crippen molar-refractivity contribution in [2.24, 2.45) is 11.3 Å². The van der Waals surface area contributed by atoms with Crippen LogP contribution in [0.5, 0.6) is 0 Å². The van der Waals surface area contributed by atoms with Crippen LogP contribution in [0.4, 0.5) is 0 Å². The number of fused-ring (bicyclic) bond motifs is 1. The van der Waals surface area contributed by atoms with Crippen LogP contribution in [0.15, 0.2) is 0 Å². The summed E-state index contributed by atoms with van der Waals surface area (Å²) >= 11 is 0. The van der Waals surface area contributed by atoms with Gasteiger partial charge in [-0.05, 0) is 71.4 Å². The summed E-state index contributed by atoms with van der Waals surface area (Å²) in [6.07, 6.45) is 12.2. The van der Waals surface area contributed by atoms with Crippen molar-refractivity contribution in [1.29, 1.82) is 5.26 Å². The minimum absolute atomic E-state index is 0.130.